The lowest BCUT2D eigenvalue weighted by Crippen LogP contribution is -2.51. The van der Waals surface area contributed by atoms with Crippen LogP contribution < -0.4 is 4.90 Å². The van der Waals surface area contributed by atoms with Gasteiger partial charge in [0.2, 0.25) is 0 Å². The molecule has 1 unspecified atom stereocenters. The minimum Gasteiger partial charge on any atom is -0.369 e. The van der Waals surface area contributed by atoms with Gasteiger partial charge in [0.1, 0.15) is 0 Å². The lowest BCUT2D eigenvalue weighted by molar-refractivity contribution is 0.199. The predicted molar refractivity (Wildman–Crippen MR) is 83.0 cm³/mol. The third-order valence-corrected chi connectivity index (χ3v) is 4.67. The average molecular weight is 332 g/mol. The number of piperazine rings is 1. The molecular weight excluding hydrogens is 312 g/mol. The Morgan fingerprint density at radius 2 is 2.17 bits per heavy atom. The molecule has 0 aromatic heterocycles. The average Bonchev–Trinajstić information content (AvgIpc) is 2.38. The van der Waals surface area contributed by atoms with Gasteiger partial charge in [-0.1, -0.05) is 40.5 Å². The second-order valence-corrected chi connectivity index (χ2v) is 5.80. The Bertz CT molecular complexity index is 411. The van der Waals surface area contributed by atoms with Gasteiger partial charge in [0.05, 0.1) is 0 Å². The second kappa shape index (κ2) is 6.27. The smallest absolute Gasteiger partial charge is 0.0467 e. The zero-order valence-electron chi connectivity index (χ0n) is 11.0. The van der Waals surface area contributed by atoms with Crippen LogP contribution in [0.3, 0.4) is 0 Å². The summed E-state index contributed by atoms with van der Waals surface area (Å²) >= 11 is 9.72. The maximum atomic E-state index is 6.27. The van der Waals surface area contributed by atoms with E-state index in [0.29, 0.717) is 6.04 Å². The molecule has 1 aliphatic rings. The lowest BCUT2D eigenvalue weighted by Gasteiger charge is -2.40. The molecule has 100 valence electrons. The van der Waals surface area contributed by atoms with E-state index >= 15 is 0 Å². The number of hydrogen-bond donors (Lipinski definition) is 0. The van der Waals surface area contributed by atoms with E-state index in [1.807, 2.05) is 0 Å². The fourth-order valence-electron chi connectivity index (χ4n) is 2.54. The van der Waals surface area contributed by atoms with Crippen molar-refractivity contribution in [1.82, 2.24) is 4.90 Å². The number of anilines is 1. The summed E-state index contributed by atoms with van der Waals surface area (Å²) in [6.07, 6.45) is 0. The van der Waals surface area contributed by atoms with Crippen molar-refractivity contribution in [3.05, 3.63) is 28.8 Å². The summed E-state index contributed by atoms with van der Waals surface area (Å²) in [4.78, 5) is 4.95. The molecule has 0 radical (unpaired) electrons. The van der Waals surface area contributed by atoms with Crippen LogP contribution >= 0.6 is 27.5 Å². The standard InChI is InChI=1S/C14H20BrClN2/c1-3-17-6-7-18(10-11(17)2)13-5-4-12(9-15)14(16)8-13/h4-5,8,11H,3,6-7,9-10H2,1-2H3. The first kappa shape index (κ1) is 14.2. The van der Waals surface area contributed by atoms with Crippen molar-refractivity contribution < 1.29 is 0 Å². The van der Waals surface area contributed by atoms with Crippen LogP contribution in [-0.2, 0) is 5.33 Å². The molecule has 1 fully saturated rings. The van der Waals surface area contributed by atoms with Crippen molar-refractivity contribution in [1.29, 1.82) is 0 Å². The van der Waals surface area contributed by atoms with Crippen LogP contribution in [0.5, 0.6) is 0 Å². The molecule has 0 spiro atoms. The monoisotopic (exact) mass is 330 g/mol. The summed E-state index contributed by atoms with van der Waals surface area (Å²) < 4.78 is 0. The highest BCUT2D eigenvalue weighted by atomic mass is 79.9. The van der Waals surface area contributed by atoms with E-state index in [2.05, 4.69) is 57.8 Å². The Labute approximate surface area is 123 Å². The third-order valence-electron chi connectivity index (χ3n) is 3.72. The molecule has 1 aromatic carbocycles. The van der Waals surface area contributed by atoms with E-state index in [-0.39, 0.29) is 0 Å². The summed E-state index contributed by atoms with van der Waals surface area (Å²) in [5.41, 5.74) is 2.40. The lowest BCUT2D eigenvalue weighted by atomic mass is 10.1. The zero-order chi connectivity index (χ0) is 13.1. The highest BCUT2D eigenvalue weighted by Gasteiger charge is 2.22. The molecule has 4 heteroatoms. The van der Waals surface area contributed by atoms with Crippen LogP contribution in [0, 0.1) is 0 Å². The van der Waals surface area contributed by atoms with E-state index in [4.69, 9.17) is 11.6 Å². The van der Waals surface area contributed by atoms with E-state index in [1.165, 1.54) is 5.69 Å². The van der Waals surface area contributed by atoms with Crippen LogP contribution in [0.2, 0.25) is 5.02 Å². The Kier molecular flexibility index (Phi) is 4.93. The summed E-state index contributed by atoms with van der Waals surface area (Å²) in [5.74, 6) is 0. The summed E-state index contributed by atoms with van der Waals surface area (Å²) in [7, 11) is 0. The molecule has 1 heterocycles. The van der Waals surface area contributed by atoms with E-state index < -0.39 is 0 Å². The first-order chi connectivity index (χ1) is 8.65. The Morgan fingerprint density at radius 3 is 2.72 bits per heavy atom. The second-order valence-electron chi connectivity index (χ2n) is 4.83. The largest absolute Gasteiger partial charge is 0.369 e. The predicted octanol–water partition coefficient (Wildman–Crippen LogP) is 3.77. The van der Waals surface area contributed by atoms with Gasteiger partial charge in [-0.3, -0.25) is 4.90 Å². The van der Waals surface area contributed by atoms with Gasteiger partial charge >= 0.3 is 0 Å². The molecule has 0 N–H and O–H groups in total. The number of alkyl halides is 1. The highest BCUT2D eigenvalue weighted by Crippen LogP contribution is 2.26. The van der Waals surface area contributed by atoms with Gasteiger partial charge in [0.25, 0.3) is 0 Å². The van der Waals surface area contributed by atoms with Gasteiger partial charge in [-0.25, -0.2) is 0 Å². The fourth-order valence-corrected chi connectivity index (χ4v) is 3.43. The Hall–Kier alpha value is -0.250. The number of benzene rings is 1. The summed E-state index contributed by atoms with van der Waals surface area (Å²) in [5, 5.41) is 1.67. The minimum atomic E-state index is 0.610. The SMILES string of the molecule is CCN1CCN(c2ccc(CBr)c(Cl)c2)CC1C. The number of halogens is 2. The normalized spacial score (nSPS) is 21.3. The number of hydrogen-bond acceptors (Lipinski definition) is 2. The molecule has 2 rings (SSSR count). The Morgan fingerprint density at radius 1 is 1.39 bits per heavy atom. The van der Waals surface area contributed by atoms with Gasteiger partial charge in [-0.05, 0) is 31.2 Å². The van der Waals surface area contributed by atoms with Gasteiger partial charge in [-0.2, -0.15) is 0 Å². The first-order valence-corrected chi connectivity index (χ1v) is 7.99. The van der Waals surface area contributed by atoms with Gasteiger partial charge < -0.3 is 4.90 Å². The maximum Gasteiger partial charge on any atom is 0.0467 e. The van der Waals surface area contributed by atoms with Crippen LogP contribution in [-0.4, -0.2) is 37.1 Å². The van der Waals surface area contributed by atoms with Crippen LogP contribution in [0.1, 0.15) is 19.4 Å². The molecule has 0 bridgehead atoms. The molecule has 2 nitrogen and oxygen atoms in total. The number of likely N-dealkylation sites (N-methyl/N-ethyl adjacent to an activating group) is 1. The van der Waals surface area contributed by atoms with E-state index in [9.17, 15) is 0 Å². The topological polar surface area (TPSA) is 6.48 Å². The highest BCUT2D eigenvalue weighted by molar-refractivity contribution is 9.08. The van der Waals surface area contributed by atoms with Crippen LogP contribution in [0.15, 0.2) is 18.2 Å². The van der Waals surface area contributed by atoms with Crippen molar-refractivity contribution in [3.63, 3.8) is 0 Å². The fraction of sp³-hybridized carbons (Fsp3) is 0.571. The molecule has 0 saturated carbocycles. The molecule has 0 amide bonds. The minimum absolute atomic E-state index is 0.610. The van der Waals surface area contributed by atoms with Crippen molar-refractivity contribution >= 4 is 33.2 Å². The molecule has 1 aromatic rings. The summed E-state index contributed by atoms with van der Waals surface area (Å²) in [6, 6.07) is 6.99. The Balaban J connectivity index is 2.11. The van der Waals surface area contributed by atoms with E-state index in [1.54, 1.807) is 0 Å². The van der Waals surface area contributed by atoms with Crippen LogP contribution in [0.4, 0.5) is 5.69 Å². The summed E-state index contributed by atoms with van der Waals surface area (Å²) in [6.45, 7) is 8.96. The van der Waals surface area contributed by atoms with Crippen molar-refractivity contribution in [2.75, 3.05) is 31.1 Å². The number of rotatable bonds is 3. The maximum absolute atomic E-state index is 6.27. The molecule has 18 heavy (non-hydrogen) atoms. The van der Waals surface area contributed by atoms with Crippen molar-refractivity contribution in [2.24, 2.45) is 0 Å². The first-order valence-electron chi connectivity index (χ1n) is 6.49. The molecule has 0 aliphatic carbocycles. The molecular formula is C14H20BrClN2. The number of nitrogens with zero attached hydrogens (tertiary/aromatic N) is 2. The van der Waals surface area contributed by atoms with Crippen LogP contribution in [0.25, 0.3) is 0 Å². The van der Waals surface area contributed by atoms with Gasteiger partial charge in [0.15, 0.2) is 0 Å². The molecule has 1 aliphatic heterocycles. The molecule has 1 saturated heterocycles. The quantitative estimate of drug-likeness (QED) is 0.778. The van der Waals surface area contributed by atoms with E-state index in [0.717, 1.165) is 42.1 Å². The van der Waals surface area contributed by atoms with Crippen molar-refractivity contribution in [2.45, 2.75) is 25.2 Å². The van der Waals surface area contributed by atoms with Gasteiger partial charge in [-0.15, -0.1) is 0 Å². The third kappa shape index (κ3) is 3.01. The van der Waals surface area contributed by atoms with Crippen molar-refractivity contribution in [3.8, 4) is 0 Å². The zero-order valence-corrected chi connectivity index (χ0v) is 13.3. The molecule has 1 atom stereocenters. The van der Waals surface area contributed by atoms with Gasteiger partial charge in [0, 0.05) is 41.7 Å².